The largest absolute Gasteiger partial charge is 0.508 e. The SMILES string of the molecule is COc1ccccc1C1CNCCN1C(=O)CSc1ccc(O)cc1.Cl. The molecule has 1 unspecified atom stereocenters. The molecule has 0 saturated carbocycles. The van der Waals surface area contributed by atoms with Crippen LogP contribution in [0.5, 0.6) is 11.5 Å². The maximum atomic E-state index is 12.8. The van der Waals surface area contributed by atoms with Crippen molar-refractivity contribution in [1.82, 2.24) is 10.2 Å². The minimum atomic E-state index is -0.0298. The van der Waals surface area contributed by atoms with Gasteiger partial charge in [-0.3, -0.25) is 4.79 Å². The number of para-hydroxylation sites is 1. The van der Waals surface area contributed by atoms with E-state index in [1.807, 2.05) is 41.3 Å². The normalized spacial score (nSPS) is 16.7. The van der Waals surface area contributed by atoms with Crippen molar-refractivity contribution in [2.24, 2.45) is 0 Å². The van der Waals surface area contributed by atoms with E-state index in [2.05, 4.69) is 5.32 Å². The minimum absolute atomic E-state index is 0. The predicted octanol–water partition coefficient (Wildman–Crippen LogP) is 3.09. The van der Waals surface area contributed by atoms with E-state index in [1.54, 1.807) is 19.2 Å². The molecule has 140 valence electrons. The molecular weight excluding hydrogens is 372 g/mol. The molecule has 0 radical (unpaired) electrons. The number of halogens is 1. The molecule has 2 aromatic rings. The van der Waals surface area contributed by atoms with E-state index in [1.165, 1.54) is 11.8 Å². The van der Waals surface area contributed by atoms with E-state index in [9.17, 15) is 9.90 Å². The van der Waals surface area contributed by atoms with Gasteiger partial charge in [-0.1, -0.05) is 18.2 Å². The Morgan fingerprint density at radius 2 is 2.00 bits per heavy atom. The van der Waals surface area contributed by atoms with Crippen molar-refractivity contribution in [2.45, 2.75) is 10.9 Å². The lowest BCUT2D eigenvalue weighted by Crippen LogP contribution is -2.49. The quantitative estimate of drug-likeness (QED) is 0.763. The van der Waals surface area contributed by atoms with Gasteiger partial charge in [-0.2, -0.15) is 0 Å². The van der Waals surface area contributed by atoms with Gasteiger partial charge in [0.1, 0.15) is 11.5 Å². The fourth-order valence-corrected chi connectivity index (χ4v) is 3.78. The van der Waals surface area contributed by atoms with Crippen LogP contribution in [-0.2, 0) is 4.79 Å². The van der Waals surface area contributed by atoms with E-state index in [0.717, 1.165) is 29.3 Å². The Hall–Kier alpha value is -1.89. The first-order valence-corrected chi connectivity index (χ1v) is 9.22. The number of aromatic hydroxyl groups is 1. The highest BCUT2D eigenvalue weighted by Gasteiger charge is 2.29. The molecular formula is C19H23ClN2O3S. The summed E-state index contributed by atoms with van der Waals surface area (Å²) in [7, 11) is 1.65. The maximum absolute atomic E-state index is 12.8. The number of piperazine rings is 1. The highest BCUT2D eigenvalue weighted by Crippen LogP contribution is 2.31. The third-order valence-corrected chi connectivity index (χ3v) is 5.26. The number of benzene rings is 2. The van der Waals surface area contributed by atoms with Gasteiger partial charge < -0.3 is 20.1 Å². The van der Waals surface area contributed by atoms with E-state index in [4.69, 9.17) is 4.74 Å². The standard InChI is InChI=1S/C19H22N2O3S.ClH/c1-24-18-5-3-2-4-16(18)17-12-20-10-11-21(17)19(23)13-25-15-8-6-14(22)7-9-15;/h2-9,17,20,22H,10-13H2,1H3;1H. The Morgan fingerprint density at radius 3 is 2.73 bits per heavy atom. The van der Waals surface area contributed by atoms with Crippen LogP contribution in [0.4, 0.5) is 0 Å². The van der Waals surface area contributed by atoms with Crippen molar-refractivity contribution in [1.29, 1.82) is 0 Å². The highest BCUT2D eigenvalue weighted by molar-refractivity contribution is 8.00. The molecule has 0 spiro atoms. The van der Waals surface area contributed by atoms with Gasteiger partial charge in [0.25, 0.3) is 0 Å². The predicted molar refractivity (Wildman–Crippen MR) is 106 cm³/mol. The molecule has 1 aliphatic rings. The first-order chi connectivity index (χ1) is 12.2. The summed E-state index contributed by atoms with van der Waals surface area (Å²) in [6.45, 7) is 2.19. The minimum Gasteiger partial charge on any atom is -0.508 e. The summed E-state index contributed by atoms with van der Waals surface area (Å²) in [5.74, 6) is 1.51. The Labute approximate surface area is 164 Å². The van der Waals surface area contributed by atoms with E-state index < -0.39 is 0 Å². The van der Waals surface area contributed by atoms with Crippen molar-refractivity contribution >= 4 is 30.1 Å². The van der Waals surface area contributed by atoms with Gasteiger partial charge >= 0.3 is 0 Å². The number of carbonyl (C=O) groups excluding carboxylic acids is 1. The molecule has 5 nitrogen and oxygen atoms in total. The number of thioether (sulfide) groups is 1. The van der Waals surface area contributed by atoms with Gasteiger partial charge in [0.2, 0.25) is 5.91 Å². The summed E-state index contributed by atoms with van der Waals surface area (Å²) in [6, 6.07) is 14.7. The number of phenolic OH excluding ortho intramolecular Hbond substituents is 1. The van der Waals surface area contributed by atoms with Crippen LogP contribution in [0.3, 0.4) is 0 Å². The molecule has 1 fully saturated rings. The van der Waals surface area contributed by atoms with Crippen LogP contribution in [0, 0.1) is 0 Å². The second-order valence-electron chi connectivity index (χ2n) is 5.83. The third kappa shape index (κ3) is 4.84. The number of phenols is 1. The van der Waals surface area contributed by atoms with Crippen LogP contribution < -0.4 is 10.1 Å². The van der Waals surface area contributed by atoms with Crippen LogP contribution in [0.25, 0.3) is 0 Å². The molecule has 1 amide bonds. The molecule has 2 N–H and O–H groups in total. The number of hydrogen-bond acceptors (Lipinski definition) is 5. The first-order valence-electron chi connectivity index (χ1n) is 8.24. The Morgan fingerprint density at radius 1 is 1.27 bits per heavy atom. The number of methoxy groups -OCH3 is 1. The number of amides is 1. The molecule has 0 aliphatic carbocycles. The van der Waals surface area contributed by atoms with Crippen molar-refractivity contribution in [3.8, 4) is 11.5 Å². The lowest BCUT2D eigenvalue weighted by atomic mass is 10.0. The van der Waals surface area contributed by atoms with Crippen molar-refractivity contribution in [2.75, 3.05) is 32.5 Å². The molecule has 1 aliphatic heterocycles. The molecule has 3 rings (SSSR count). The lowest BCUT2D eigenvalue weighted by molar-refractivity contribution is -0.131. The number of hydrogen-bond donors (Lipinski definition) is 2. The number of ether oxygens (including phenoxy) is 1. The van der Waals surface area contributed by atoms with Crippen molar-refractivity contribution in [3.05, 3.63) is 54.1 Å². The monoisotopic (exact) mass is 394 g/mol. The van der Waals surface area contributed by atoms with Crippen LogP contribution >= 0.6 is 24.2 Å². The molecule has 0 bridgehead atoms. The highest BCUT2D eigenvalue weighted by atomic mass is 35.5. The van der Waals surface area contributed by atoms with Gasteiger partial charge in [0.05, 0.1) is 18.9 Å². The summed E-state index contributed by atoms with van der Waals surface area (Å²) in [5, 5.41) is 12.7. The second kappa shape index (κ2) is 9.71. The summed E-state index contributed by atoms with van der Waals surface area (Å²) in [6.07, 6.45) is 0. The second-order valence-corrected chi connectivity index (χ2v) is 6.88. The van der Waals surface area contributed by atoms with Crippen LogP contribution in [0.1, 0.15) is 11.6 Å². The third-order valence-electron chi connectivity index (χ3n) is 4.26. The molecule has 7 heteroatoms. The fraction of sp³-hybridized carbons (Fsp3) is 0.316. The molecule has 2 aromatic carbocycles. The van der Waals surface area contributed by atoms with Crippen LogP contribution in [0.15, 0.2) is 53.4 Å². The van der Waals surface area contributed by atoms with Gasteiger partial charge in [-0.25, -0.2) is 0 Å². The number of nitrogens with zero attached hydrogens (tertiary/aromatic N) is 1. The topological polar surface area (TPSA) is 61.8 Å². The average molecular weight is 395 g/mol. The lowest BCUT2D eigenvalue weighted by Gasteiger charge is -2.37. The molecule has 1 heterocycles. The zero-order chi connectivity index (χ0) is 17.6. The Balaban J connectivity index is 0.00000243. The van der Waals surface area contributed by atoms with Crippen LogP contribution in [-0.4, -0.2) is 48.4 Å². The van der Waals surface area contributed by atoms with E-state index >= 15 is 0 Å². The number of rotatable bonds is 5. The fourth-order valence-electron chi connectivity index (χ4n) is 2.99. The maximum Gasteiger partial charge on any atom is 0.233 e. The summed E-state index contributed by atoms with van der Waals surface area (Å²) < 4.78 is 5.47. The molecule has 1 atom stereocenters. The summed E-state index contributed by atoms with van der Waals surface area (Å²) in [4.78, 5) is 15.7. The Kier molecular flexibility index (Phi) is 7.63. The van der Waals surface area contributed by atoms with Crippen molar-refractivity contribution in [3.63, 3.8) is 0 Å². The molecule has 26 heavy (non-hydrogen) atoms. The summed E-state index contributed by atoms with van der Waals surface area (Å²) >= 11 is 1.48. The van der Waals surface area contributed by atoms with Gasteiger partial charge in [0, 0.05) is 30.1 Å². The first kappa shape index (κ1) is 20.4. The van der Waals surface area contributed by atoms with E-state index in [0.29, 0.717) is 12.3 Å². The Bertz CT molecular complexity index is 727. The van der Waals surface area contributed by atoms with E-state index in [-0.39, 0.29) is 30.1 Å². The average Bonchev–Trinajstić information content (AvgIpc) is 2.67. The smallest absolute Gasteiger partial charge is 0.233 e. The van der Waals surface area contributed by atoms with Gasteiger partial charge in [0.15, 0.2) is 0 Å². The number of carbonyl (C=O) groups is 1. The molecule has 0 aromatic heterocycles. The number of nitrogens with one attached hydrogen (secondary N) is 1. The summed E-state index contributed by atoms with van der Waals surface area (Å²) in [5.41, 5.74) is 1.03. The zero-order valence-corrected chi connectivity index (χ0v) is 16.2. The van der Waals surface area contributed by atoms with Crippen molar-refractivity contribution < 1.29 is 14.6 Å². The molecule has 1 saturated heterocycles. The van der Waals surface area contributed by atoms with Crippen LogP contribution in [0.2, 0.25) is 0 Å². The van der Waals surface area contributed by atoms with Gasteiger partial charge in [-0.15, -0.1) is 24.2 Å². The zero-order valence-electron chi connectivity index (χ0n) is 14.6. The van der Waals surface area contributed by atoms with Gasteiger partial charge in [-0.05, 0) is 30.3 Å².